The number of carbonyl (C=O) groups excluding carboxylic acids is 2. The molecular formula is C18H17F2NO3. The smallest absolute Gasteiger partial charge is 0.338 e. The zero-order valence-electron chi connectivity index (χ0n) is 13.3. The van der Waals surface area contributed by atoms with Crippen LogP contribution < -0.4 is 5.32 Å². The Morgan fingerprint density at radius 2 is 1.75 bits per heavy atom. The summed E-state index contributed by atoms with van der Waals surface area (Å²) in [5.74, 6) is -2.95. The van der Waals surface area contributed by atoms with Crippen molar-refractivity contribution in [1.29, 1.82) is 0 Å². The van der Waals surface area contributed by atoms with Gasteiger partial charge in [0.15, 0.2) is 0 Å². The van der Waals surface area contributed by atoms with Crippen LogP contribution in [0, 0.1) is 11.6 Å². The van der Waals surface area contributed by atoms with Crippen LogP contribution in [0.2, 0.25) is 0 Å². The fourth-order valence-electron chi connectivity index (χ4n) is 1.99. The molecule has 0 unspecified atom stereocenters. The van der Waals surface area contributed by atoms with Crippen LogP contribution in [0.5, 0.6) is 0 Å². The molecule has 2 aromatic rings. The highest BCUT2D eigenvalue weighted by atomic mass is 19.1. The fourth-order valence-corrected chi connectivity index (χ4v) is 1.99. The first kappa shape index (κ1) is 17.6. The van der Waals surface area contributed by atoms with Crippen molar-refractivity contribution in [3.05, 3.63) is 71.3 Å². The standard InChI is InChI=1S/C18H17F2NO3/c1-18(2,11-24-17(23)12-6-4-3-5-7-12)21-16(22)14-9-8-13(19)10-15(14)20/h3-10H,11H2,1-2H3,(H,21,22). The highest BCUT2D eigenvalue weighted by Crippen LogP contribution is 2.12. The monoisotopic (exact) mass is 333 g/mol. The summed E-state index contributed by atoms with van der Waals surface area (Å²) in [6, 6.07) is 11.1. The second-order valence-electron chi connectivity index (χ2n) is 5.90. The molecule has 0 fully saturated rings. The van der Waals surface area contributed by atoms with Crippen LogP contribution in [0.3, 0.4) is 0 Å². The van der Waals surface area contributed by atoms with Crippen molar-refractivity contribution in [2.75, 3.05) is 6.61 Å². The van der Waals surface area contributed by atoms with Gasteiger partial charge in [-0.25, -0.2) is 13.6 Å². The molecule has 1 N–H and O–H groups in total. The number of ether oxygens (including phenoxy) is 1. The van der Waals surface area contributed by atoms with Gasteiger partial charge >= 0.3 is 5.97 Å². The first-order valence-electron chi connectivity index (χ1n) is 7.28. The Balaban J connectivity index is 1.97. The van der Waals surface area contributed by atoms with Gasteiger partial charge in [0.25, 0.3) is 5.91 Å². The summed E-state index contributed by atoms with van der Waals surface area (Å²) >= 11 is 0. The van der Waals surface area contributed by atoms with Crippen molar-refractivity contribution in [2.45, 2.75) is 19.4 Å². The third kappa shape index (κ3) is 4.62. The molecule has 24 heavy (non-hydrogen) atoms. The predicted molar refractivity (Wildman–Crippen MR) is 84.6 cm³/mol. The minimum atomic E-state index is -0.954. The average molecular weight is 333 g/mol. The van der Waals surface area contributed by atoms with E-state index in [4.69, 9.17) is 4.74 Å². The SMILES string of the molecule is CC(C)(COC(=O)c1ccccc1)NC(=O)c1ccc(F)cc1F. The Bertz CT molecular complexity index is 745. The first-order chi connectivity index (χ1) is 11.3. The van der Waals surface area contributed by atoms with Gasteiger partial charge in [-0.3, -0.25) is 4.79 Å². The van der Waals surface area contributed by atoms with Crippen LogP contribution in [0.25, 0.3) is 0 Å². The van der Waals surface area contributed by atoms with Crippen molar-refractivity contribution in [3.8, 4) is 0 Å². The van der Waals surface area contributed by atoms with E-state index in [0.717, 1.165) is 12.1 Å². The quantitative estimate of drug-likeness (QED) is 0.854. The molecule has 2 aromatic carbocycles. The van der Waals surface area contributed by atoms with E-state index in [0.29, 0.717) is 11.6 Å². The minimum absolute atomic E-state index is 0.102. The van der Waals surface area contributed by atoms with E-state index in [-0.39, 0.29) is 12.2 Å². The first-order valence-corrected chi connectivity index (χ1v) is 7.28. The van der Waals surface area contributed by atoms with Crippen molar-refractivity contribution in [1.82, 2.24) is 5.32 Å². The van der Waals surface area contributed by atoms with Crippen LogP contribution in [0.1, 0.15) is 34.6 Å². The molecule has 0 saturated heterocycles. The lowest BCUT2D eigenvalue weighted by atomic mass is 10.1. The van der Waals surface area contributed by atoms with Crippen molar-refractivity contribution < 1.29 is 23.1 Å². The maximum absolute atomic E-state index is 13.6. The maximum atomic E-state index is 13.6. The number of hydrogen-bond donors (Lipinski definition) is 1. The molecule has 0 heterocycles. The molecule has 0 aliphatic heterocycles. The number of halogens is 2. The second kappa shape index (κ2) is 7.21. The van der Waals surface area contributed by atoms with Gasteiger partial charge in [0.1, 0.15) is 18.2 Å². The van der Waals surface area contributed by atoms with Gasteiger partial charge in [-0.1, -0.05) is 18.2 Å². The summed E-state index contributed by atoms with van der Waals surface area (Å²) < 4.78 is 31.7. The van der Waals surface area contributed by atoms with E-state index in [2.05, 4.69) is 5.32 Å². The van der Waals surface area contributed by atoms with E-state index in [1.54, 1.807) is 44.2 Å². The lowest BCUT2D eigenvalue weighted by Crippen LogP contribution is -2.47. The van der Waals surface area contributed by atoms with Gasteiger partial charge < -0.3 is 10.1 Å². The molecule has 1 amide bonds. The minimum Gasteiger partial charge on any atom is -0.460 e. The zero-order chi connectivity index (χ0) is 17.7. The molecule has 0 saturated carbocycles. The molecule has 0 atom stereocenters. The largest absolute Gasteiger partial charge is 0.460 e. The van der Waals surface area contributed by atoms with E-state index < -0.39 is 29.0 Å². The Kier molecular flexibility index (Phi) is 5.28. The lowest BCUT2D eigenvalue weighted by Gasteiger charge is -2.26. The predicted octanol–water partition coefficient (Wildman–Crippen LogP) is 3.33. The highest BCUT2D eigenvalue weighted by molar-refractivity contribution is 5.95. The molecule has 0 spiro atoms. The summed E-state index contributed by atoms with van der Waals surface area (Å²) in [7, 11) is 0. The zero-order valence-corrected chi connectivity index (χ0v) is 13.3. The summed E-state index contributed by atoms with van der Waals surface area (Å²) in [6.45, 7) is 3.16. The third-order valence-electron chi connectivity index (χ3n) is 3.20. The Labute approximate surface area is 138 Å². The molecule has 2 rings (SSSR count). The molecule has 126 valence electrons. The molecule has 4 nitrogen and oxygen atoms in total. The fraction of sp³-hybridized carbons (Fsp3) is 0.222. The molecule has 0 aliphatic carbocycles. The third-order valence-corrected chi connectivity index (χ3v) is 3.20. The van der Waals surface area contributed by atoms with Crippen LogP contribution in [0.4, 0.5) is 8.78 Å². The Hall–Kier alpha value is -2.76. The van der Waals surface area contributed by atoms with E-state index in [9.17, 15) is 18.4 Å². The average Bonchev–Trinajstić information content (AvgIpc) is 2.53. The molecular weight excluding hydrogens is 316 g/mol. The Morgan fingerprint density at radius 1 is 1.08 bits per heavy atom. The van der Waals surface area contributed by atoms with Crippen molar-refractivity contribution in [3.63, 3.8) is 0 Å². The summed E-state index contributed by atoms with van der Waals surface area (Å²) in [4.78, 5) is 24.0. The van der Waals surface area contributed by atoms with Crippen molar-refractivity contribution >= 4 is 11.9 Å². The van der Waals surface area contributed by atoms with Gasteiger partial charge in [-0.05, 0) is 38.1 Å². The van der Waals surface area contributed by atoms with Crippen LogP contribution in [0.15, 0.2) is 48.5 Å². The number of amides is 1. The molecule has 0 bridgehead atoms. The molecule has 0 aromatic heterocycles. The van der Waals surface area contributed by atoms with E-state index in [1.807, 2.05) is 0 Å². The second-order valence-corrected chi connectivity index (χ2v) is 5.90. The number of benzene rings is 2. The maximum Gasteiger partial charge on any atom is 0.338 e. The lowest BCUT2D eigenvalue weighted by molar-refractivity contribution is 0.0389. The summed E-state index contributed by atoms with van der Waals surface area (Å²) in [6.07, 6.45) is 0. The van der Waals surface area contributed by atoms with E-state index in [1.165, 1.54) is 0 Å². The number of nitrogens with one attached hydrogen (secondary N) is 1. The van der Waals surface area contributed by atoms with Crippen LogP contribution >= 0.6 is 0 Å². The number of hydrogen-bond acceptors (Lipinski definition) is 3. The van der Waals surface area contributed by atoms with Gasteiger partial charge in [0.2, 0.25) is 0 Å². The highest BCUT2D eigenvalue weighted by Gasteiger charge is 2.25. The molecule has 6 heteroatoms. The molecule has 0 aliphatic rings. The van der Waals surface area contributed by atoms with Gasteiger partial charge in [-0.2, -0.15) is 0 Å². The number of rotatable bonds is 5. The summed E-state index contributed by atoms with van der Waals surface area (Å²) in [5, 5.41) is 2.56. The normalized spacial score (nSPS) is 11.0. The van der Waals surface area contributed by atoms with Gasteiger partial charge in [0, 0.05) is 6.07 Å². The number of esters is 1. The van der Waals surface area contributed by atoms with Crippen LogP contribution in [-0.4, -0.2) is 24.0 Å². The van der Waals surface area contributed by atoms with Crippen molar-refractivity contribution in [2.24, 2.45) is 0 Å². The number of carbonyl (C=O) groups is 2. The van der Waals surface area contributed by atoms with Gasteiger partial charge in [0.05, 0.1) is 16.7 Å². The van der Waals surface area contributed by atoms with E-state index >= 15 is 0 Å². The van der Waals surface area contributed by atoms with Gasteiger partial charge in [-0.15, -0.1) is 0 Å². The molecule has 0 radical (unpaired) electrons. The van der Waals surface area contributed by atoms with Crippen LogP contribution in [-0.2, 0) is 4.74 Å². The Morgan fingerprint density at radius 3 is 2.38 bits per heavy atom. The summed E-state index contributed by atoms with van der Waals surface area (Å²) in [5.41, 5.74) is -0.814. The topological polar surface area (TPSA) is 55.4 Å².